The molecule has 0 bridgehead atoms. The molecule has 3 atom stereocenters. The smallest absolute Gasteiger partial charge is 0.307 e. The van der Waals surface area contributed by atoms with E-state index in [2.05, 4.69) is 19.1 Å². The second kappa shape index (κ2) is 6.08. The van der Waals surface area contributed by atoms with Gasteiger partial charge in [-0.1, -0.05) is 25.5 Å². The fourth-order valence-electron chi connectivity index (χ4n) is 3.49. The number of hydrogen-bond donors (Lipinski definition) is 1. The Morgan fingerprint density at radius 3 is 2.76 bits per heavy atom. The van der Waals surface area contributed by atoms with Gasteiger partial charge in [0.15, 0.2) is 0 Å². The Bertz CT molecular complexity index is 507. The van der Waals surface area contributed by atoms with Gasteiger partial charge in [-0.3, -0.25) is 4.79 Å². The van der Waals surface area contributed by atoms with Crippen LogP contribution in [0, 0.1) is 11.8 Å². The summed E-state index contributed by atoms with van der Waals surface area (Å²) in [5.41, 5.74) is 1.14. The summed E-state index contributed by atoms with van der Waals surface area (Å²) in [4.78, 5) is 11.6. The van der Waals surface area contributed by atoms with Gasteiger partial charge in [0.05, 0.1) is 12.0 Å². The summed E-state index contributed by atoms with van der Waals surface area (Å²) in [7, 11) is 0. The highest BCUT2D eigenvalue weighted by atomic mass is 16.5. The highest BCUT2D eigenvalue weighted by molar-refractivity contribution is 5.71. The predicted octanol–water partition coefficient (Wildman–Crippen LogP) is 4.22. The minimum absolute atomic E-state index is 0.129. The number of ether oxygens (including phenoxy) is 1. The van der Waals surface area contributed by atoms with E-state index >= 15 is 0 Å². The van der Waals surface area contributed by atoms with E-state index in [4.69, 9.17) is 4.74 Å². The average molecular weight is 288 g/mol. The number of aliphatic carboxylic acids is 1. The molecule has 0 heterocycles. The van der Waals surface area contributed by atoms with Crippen LogP contribution in [0.5, 0.6) is 5.75 Å². The van der Waals surface area contributed by atoms with E-state index in [9.17, 15) is 9.90 Å². The third-order valence-corrected chi connectivity index (χ3v) is 4.97. The van der Waals surface area contributed by atoms with Crippen molar-refractivity contribution < 1.29 is 14.6 Å². The van der Waals surface area contributed by atoms with Gasteiger partial charge < -0.3 is 9.84 Å². The Morgan fingerprint density at radius 1 is 1.29 bits per heavy atom. The molecule has 2 saturated carbocycles. The molecule has 1 aromatic rings. The van der Waals surface area contributed by atoms with E-state index in [1.54, 1.807) is 0 Å². The van der Waals surface area contributed by atoms with Crippen LogP contribution >= 0.6 is 0 Å². The van der Waals surface area contributed by atoms with Crippen molar-refractivity contribution in [1.82, 2.24) is 0 Å². The molecule has 3 unspecified atom stereocenters. The molecule has 2 aliphatic carbocycles. The van der Waals surface area contributed by atoms with Gasteiger partial charge in [0.25, 0.3) is 0 Å². The molecule has 1 aromatic carbocycles. The molecule has 0 radical (unpaired) electrons. The Morgan fingerprint density at radius 2 is 2.10 bits per heavy atom. The fraction of sp³-hybridized carbons (Fsp3) is 0.611. The van der Waals surface area contributed by atoms with Crippen molar-refractivity contribution in [2.75, 3.05) is 0 Å². The van der Waals surface area contributed by atoms with Gasteiger partial charge in [0, 0.05) is 0 Å². The Kier molecular flexibility index (Phi) is 4.18. The molecule has 0 aromatic heterocycles. The maximum absolute atomic E-state index is 11.6. The first-order valence-corrected chi connectivity index (χ1v) is 8.16. The van der Waals surface area contributed by atoms with Crippen LogP contribution in [0.4, 0.5) is 0 Å². The SMILES string of the molecule is CCC1CCC(C(=O)O)C(c2cccc(OC3CC3)c2)C1. The van der Waals surface area contributed by atoms with Gasteiger partial charge in [-0.2, -0.15) is 0 Å². The van der Waals surface area contributed by atoms with Gasteiger partial charge in [0.1, 0.15) is 5.75 Å². The van der Waals surface area contributed by atoms with E-state index < -0.39 is 5.97 Å². The van der Waals surface area contributed by atoms with E-state index in [-0.39, 0.29) is 11.8 Å². The topological polar surface area (TPSA) is 46.5 Å². The molecule has 3 rings (SSSR count). The zero-order chi connectivity index (χ0) is 14.8. The summed E-state index contributed by atoms with van der Waals surface area (Å²) in [5, 5.41) is 9.52. The Labute approximate surface area is 126 Å². The second-order valence-corrected chi connectivity index (χ2v) is 6.53. The lowest BCUT2D eigenvalue weighted by Crippen LogP contribution is -2.29. The molecule has 0 saturated heterocycles. The van der Waals surface area contributed by atoms with Crippen molar-refractivity contribution in [3.63, 3.8) is 0 Å². The molecule has 2 fully saturated rings. The summed E-state index contributed by atoms with van der Waals surface area (Å²) in [6.45, 7) is 2.20. The lowest BCUT2D eigenvalue weighted by Gasteiger charge is -2.34. The minimum atomic E-state index is -0.650. The van der Waals surface area contributed by atoms with Gasteiger partial charge in [-0.05, 0) is 61.6 Å². The highest BCUT2D eigenvalue weighted by Gasteiger charge is 2.35. The van der Waals surface area contributed by atoms with Crippen LogP contribution in [-0.4, -0.2) is 17.2 Å². The van der Waals surface area contributed by atoms with Crippen molar-refractivity contribution in [3.05, 3.63) is 29.8 Å². The van der Waals surface area contributed by atoms with Crippen LogP contribution in [0.1, 0.15) is 56.9 Å². The monoisotopic (exact) mass is 288 g/mol. The molecule has 2 aliphatic rings. The fourth-order valence-corrected chi connectivity index (χ4v) is 3.49. The van der Waals surface area contributed by atoms with E-state index in [1.807, 2.05) is 12.1 Å². The van der Waals surface area contributed by atoms with Crippen LogP contribution in [0.2, 0.25) is 0 Å². The summed E-state index contributed by atoms with van der Waals surface area (Å²) >= 11 is 0. The summed E-state index contributed by atoms with van der Waals surface area (Å²) in [6, 6.07) is 8.12. The van der Waals surface area contributed by atoms with Crippen molar-refractivity contribution in [1.29, 1.82) is 0 Å². The van der Waals surface area contributed by atoms with Crippen LogP contribution < -0.4 is 4.74 Å². The third kappa shape index (κ3) is 3.39. The van der Waals surface area contributed by atoms with Gasteiger partial charge in [0.2, 0.25) is 0 Å². The zero-order valence-corrected chi connectivity index (χ0v) is 12.6. The van der Waals surface area contributed by atoms with Crippen LogP contribution in [-0.2, 0) is 4.79 Å². The Hall–Kier alpha value is -1.51. The minimum Gasteiger partial charge on any atom is -0.490 e. The molecule has 0 amide bonds. The zero-order valence-electron chi connectivity index (χ0n) is 12.6. The quantitative estimate of drug-likeness (QED) is 0.882. The number of benzene rings is 1. The summed E-state index contributed by atoms with van der Waals surface area (Å²) < 4.78 is 5.86. The standard InChI is InChI=1S/C18H24O3/c1-2-12-6-9-16(18(19)20)17(10-12)13-4-3-5-15(11-13)21-14-7-8-14/h3-5,11-12,14,16-17H,2,6-10H2,1H3,(H,19,20). The number of carboxylic acids is 1. The third-order valence-electron chi connectivity index (χ3n) is 4.97. The first-order valence-electron chi connectivity index (χ1n) is 8.16. The Balaban J connectivity index is 1.81. The normalized spacial score (nSPS) is 29.1. The summed E-state index contributed by atoms with van der Waals surface area (Å²) in [5.74, 6) is 0.785. The molecule has 1 N–H and O–H groups in total. The molecule has 3 nitrogen and oxygen atoms in total. The van der Waals surface area contributed by atoms with Crippen molar-refractivity contribution in [3.8, 4) is 5.75 Å². The summed E-state index contributed by atoms with van der Waals surface area (Å²) in [6.07, 6.45) is 6.63. The first-order chi connectivity index (χ1) is 10.2. The van der Waals surface area contributed by atoms with Crippen molar-refractivity contribution in [2.45, 2.75) is 57.5 Å². The average Bonchev–Trinajstić information content (AvgIpc) is 3.30. The maximum atomic E-state index is 11.6. The lowest BCUT2D eigenvalue weighted by molar-refractivity contribution is -0.143. The number of carbonyl (C=O) groups is 1. The van der Waals surface area contributed by atoms with Gasteiger partial charge in [-0.25, -0.2) is 0 Å². The van der Waals surface area contributed by atoms with Crippen LogP contribution in [0.25, 0.3) is 0 Å². The maximum Gasteiger partial charge on any atom is 0.307 e. The lowest BCUT2D eigenvalue weighted by atomic mass is 9.70. The number of rotatable bonds is 5. The van der Waals surface area contributed by atoms with Gasteiger partial charge in [-0.15, -0.1) is 0 Å². The molecule has 114 valence electrons. The largest absolute Gasteiger partial charge is 0.490 e. The number of carboxylic acid groups (broad SMARTS) is 1. The molecule has 21 heavy (non-hydrogen) atoms. The van der Waals surface area contributed by atoms with E-state index in [0.29, 0.717) is 12.0 Å². The van der Waals surface area contributed by atoms with Gasteiger partial charge >= 0.3 is 5.97 Å². The van der Waals surface area contributed by atoms with E-state index in [0.717, 1.165) is 49.8 Å². The van der Waals surface area contributed by atoms with Crippen LogP contribution in [0.15, 0.2) is 24.3 Å². The second-order valence-electron chi connectivity index (χ2n) is 6.53. The molecular formula is C18H24O3. The van der Waals surface area contributed by atoms with Crippen LogP contribution in [0.3, 0.4) is 0 Å². The molecule has 0 spiro atoms. The number of hydrogen-bond acceptors (Lipinski definition) is 2. The van der Waals surface area contributed by atoms with Crippen molar-refractivity contribution >= 4 is 5.97 Å². The van der Waals surface area contributed by atoms with E-state index in [1.165, 1.54) is 0 Å². The molecule has 3 heteroatoms. The molecular weight excluding hydrogens is 264 g/mol. The molecule has 0 aliphatic heterocycles. The first kappa shape index (κ1) is 14.4. The van der Waals surface area contributed by atoms with Crippen molar-refractivity contribution in [2.24, 2.45) is 11.8 Å². The predicted molar refractivity (Wildman–Crippen MR) is 81.6 cm³/mol. The highest BCUT2D eigenvalue weighted by Crippen LogP contribution is 2.42.